The van der Waals surface area contributed by atoms with Crippen molar-refractivity contribution >= 4 is 38.3 Å². The van der Waals surface area contributed by atoms with Gasteiger partial charge in [0.15, 0.2) is 0 Å². The average molecular weight is 492 g/mol. The number of carbonyl (C=O) groups excluding carboxylic acids is 1. The lowest BCUT2D eigenvalue weighted by molar-refractivity contribution is 0.0939. The van der Waals surface area contributed by atoms with Crippen LogP contribution in [0.2, 0.25) is 5.02 Å². The first-order valence-electron chi connectivity index (χ1n) is 10.9. The van der Waals surface area contributed by atoms with E-state index >= 15 is 0 Å². The van der Waals surface area contributed by atoms with Gasteiger partial charge in [-0.05, 0) is 76.9 Å². The number of carbonyl (C=O) groups is 1. The Bertz CT molecular complexity index is 1460. The van der Waals surface area contributed by atoms with Crippen LogP contribution < -0.4 is 5.32 Å². The number of halogens is 1. The number of benzene rings is 3. The lowest BCUT2D eigenvalue weighted by atomic mass is 10.0. The van der Waals surface area contributed by atoms with E-state index in [9.17, 15) is 13.2 Å². The molecule has 1 fully saturated rings. The van der Waals surface area contributed by atoms with Gasteiger partial charge in [0.1, 0.15) is 0 Å². The first kappa shape index (κ1) is 22.5. The van der Waals surface area contributed by atoms with Crippen LogP contribution in [0, 0.1) is 0 Å². The van der Waals surface area contributed by atoms with Crippen LogP contribution in [-0.4, -0.2) is 42.7 Å². The normalized spacial score (nSPS) is 16.6. The van der Waals surface area contributed by atoms with E-state index in [1.165, 1.54) is 4.31 Å². The van der Waals surface area contributed by atoms with Crippen molar-refractivity contribution in [2.24, 2.45) is 0 Å². The summed E-state index contributed by atoms with van der Waals surface area (Å²) in [5.41, 5.74) is 2.55. The molecule has 1 atom stereocenters. The minimum Gasteiger partial charge on any atom is -0.348 e. The highest BCUT2D eigenvalue weighted by atomic mass is 35.5. The Balaban J connectivity index is 1.25. The summed E-state index contributed by atoms with van der Waals surface area (Å²) in [6, 6.07) is 21.3. The second kappa shape index (κ2) is 9.18. The van der Waals surface area contributed by atoms with E-state index in [1.807, 2.05) is 30.3 Å². The second-order valence-electron chi connectivity index (χ2n) is 8.29. The SMILES string of the molecule is O=C(NC1CCN(S(=O)(=O)c2ccc3cc(Cl)ccc3c2)C1)c1ccc(-c2ccncc2)cc1. The number of pyridine rings is 1. The number of sulfonamides is 1. The van der Waals surface area contributed by atoms with Crippen molar-refractivity contribution in [3.8, 4) is 11.1 Å². The Hall–Kier alpha value is -3.26. The molecule has 2 heterocycles. The molecule has 0 aliphatic carbocycles. The van der Waals surface area contributed by atoms with E-state index in [0.29, 0.717) is 23.6 Å². The molecule has 0 bridgehead atoms. The van der Waals surface area contributed by atoms with Gasteiger partial charge in [0.05, 0.1) is 4.90 Å². The van der Waals surface area contributed by atoms with Gasteiger partial charge in [0.2, 0.25) is 10.0 Å². The number of fused-ring (bicyclic) bond motifs is 1. The second-order valence-corrected chi connectivity index (χ2v) is 10.7. The summed E-state index contributed by atoms with van der Waals surface area (Å²) in [6.45, 7) is 0.592. The Morgan fingerprint density at radius 2 is 1.59 bits per heavy atom. The molecule has 1 aromatic heterocycles. The molecule has 8 heteroatoms. The maximum Gasteiger partial charge on any atom is 0.251 e. The molecule has 1 aliphatic rings. The quantitative estimate of drug-likeness (QED) is 0.437. The van der Waals surface area contributed by atoms with Crippen LogP contribution in [0.3, 0.4) is 0 Å². The van der Waals surface area contributed by atoms with Crippen LogP contribution in [0.4, 0.5) is 0 Å². The zero-order valence-corrected chi connectivity index (χ0v) is 19.8. The maximum atomic E-state index is 13.2. The summed E-state index contributed by atoms with van der Waals surface area (Å²) in [4.78, 5) is 17.0. The van der Waals surface area contributed by atoms with Crippen molar-refractivity contribution in [1.82, 2.24) is 14.6 Å². The number of nitrogens with zero attached hydrogens (tertiary/aromatic N) is 2. The standard InChI is InChI=1S/C26H22ClN3O3S/c27-23-7-5-22-16-25(8-6-21(22)15-23)34(32,33)30-14-11-24(17-30)29-26(31)20-3-1-18(2-4-20)19-9-12-28-13-10-19/h1-10,12-13,15-16,24H,11,14,17H2,(H,29,31). The van der Waals surface area contributed by atoms with Crippen molar-refractivity contribution in [3.05, 3.63) is 95.8 Å². The fourth-order valence-electron chi connectivity index (χ4n) is 4.20. The highest BCUT2D eigenvalue weighted by Crippen LogP contribution is 2.26. The van der Waals surface area contributed by atoms with E-state index in [1.54, 1.807) is 54.9 Å². The molecular formula is C26H22ClN3O3S. The predicted molar refractivity (Wildman–Crippen MR) is 133 cm³/mol. The fraction of sp³-hybridized carbons (Fsp3) is 0.154. The summed E-state index contributed by atoms with van der Waals surface area (Å²) >= 11 is 6.03. The van der Waals surface area contributed by atoms with Gasteiger partial charge < -0.3 is 5.32 Å². The van der Waals surface area contributed by atoms with Crippen LogP contribution in [0.15, 0.2) is 90.1 Å². The lowest BCUT2D eigenvalue weighted by Crippen LogP contribution is -2.38. The average Bonchev–Trinajstić information content (AvgIpc) is 3.33. The predicted octanol–water partition coefficient (Wildman–Crippen LogP) is 4.75. The summed E-state index contributed by atoms with van der Waals surface area (Å²) in [6.07, 6.45) is 4.01. The van der Waals surface area contributed by atoms with E-state index < -0.39 is 10.0 Å². The Labute approximate surface area is 203 Å². The van der Waals surface area contributed by atoms with Gasteiger partial charge in [0.25, 0.3) is 5.91 Å². The van der Waals surface area contributed by atoms with Gasteiger partial charge >= 0.3 is 0 Å². The zero-order valence-electron chi connectivity index (χ0n) is 18.2. The number of rotatable bonds is 5. The van der Waals surface area contributed by atoms with E-state index in [-0.39, 0.29) is 23.4 Å². The minimum absolute atomic E-state index is 0.215. The van der Waals surface area contributed by atoms with Crippen molar-refractivity contribution in [2.45, 2.75) is 17.4 Å². The smallest absolute Gasteiger partial charge is 0.251 e. The first-order valence-corrected chi connectivity index (χ1v) is 12.7. The molecule has 3 aromatic carbocycles. The third-order valence-electron chi connectivity index (χ3n) is 6.06. The fourth-order valence-corrected chi connectivity index (χ4v) is 5.91. The lowest BCUT2D eigenvalue weighted by Gasteiger charge is -2.18. The van der Waals surface area contributed by atoms with Crippen molar-refractivity contribution in [1.29, 1.82) is 0 Å². The Morgan fingerprint density at radius 3 is 2.35 bits per heavy atom. The monoisotopic (exact) mass is 491 g/mol. The molecule has 1 N–H and O–H groups in total. The molecule has 172 valence electrons. The third kappa shape index (κ3) is 4.55. The van der Waals surface area contributed by atoms with E-state index in [4.69, 9.17) is 11.6 Å². The van der Waals surface area contributed by atoms with Crippen molar-refractivity contribution in [3.63, 3.8) is 0 Å². The van der Waals surface area contributed by atoms with Crippen molar-refractivity contribution < 1.29 is 13.2 Å². The van der Waals surface area contributed by atoms with Crippen molar-refractivity contribution in [2.75, 3.05) is 13.1 Å². The van der Waals surface area contributed by atoms with Crippen LogP contribution in [0.25, 0.3) is 21.9 Å². The van der Waals surface area contributed by atoms with Crippen LogP contribution in [-0.2, 0) is 10.0 Å². The zero-order chi connectivity index (χ0) is 23.7. The third-order valence-corrected chi connectivity index (χ3v) is 8.15. The first-order chi connectivity index (χ1) is 16.4. The highest BCUT2D eigenvalue weighted by molar-refractivity contribution is 7.89. The van der Waals surface area contributed by atoms with E-state index in [2.05, 4.69) is 10.3 Å². The number of hydrogen-bond donors (Lipinski definition) is 1. The maximum absolute atomic E-state index is 13.2. The van der Waals surface area contributed by atoms with Crippen LogP contribution >= 0.6 is 11.6 Å². The van der Waals surface area contributed by atoms with E-state index in [0.717, 1.165) is 21.9 Å². The molecule has 1 unspecified atom stereocenters. The Kier molecular flexibility index (Phi) is 6.08. The number of hydrogen-bond acceptors (Lipinski definition) is 4. The molecular weight excluding hydrogens is 470 g/mol. The number of nitrogens with one attached hydrogen (secondary N) is 1. The molecule has 4 aromatic rings. The molecule has 34 heavy (non-hydrogen) atoms. The van der Waals surface area contributed by atoms with Crippen LogP contribution in [0.1, 0.15) is 16.8 Å². The summed E-state index contributed by atoms with van der Waals surface area (Å²) in [5.74, 6) is -0.215. The molecule has 1 amide bonds. The summed E-state index contributed by atoms with van der Waals surface area (Å²) in [7, 11) is -3.67. The topological polar surface area (TPSA) is 79.4 Å². The number of aromatic nitrogens is 1. The molecule has 6 nitrogen and oxygen atoms in total. The van der Waals surface area contributed by atoms with Gasteiger partial charge in [-0.15, -0.1) is 0 Å². The summed E-state index contributed by atoms with van der Waals surface area (Å²) in [5, 5.41) is 5.27. The molecule has 0 saturated carbocycles. The molecule has 1 saturated heterocycles. The van der Waals surface area contributed by atoms with Gasteiger partial charge in [-0.2, -0.15) is 4.31 Å². The van der Waals surface area contributed by atoms with Crippen LogP contribution in [0.5, 0.6) is 0 Å². The largest absolute Gasteiger partial charge is 0.348 e. The van der Waals surface area contributed by atoms with Gasteiger partial charge in [-0.3, -0.25) is 9.78 Å². The van der Waals surface area contributed by atoms with Gasteiger partial charge in [-0.25, -0.2) is 8.42 Å². The van der Waals surface area contributed by atoms with Gasteiger partial charge in [-0.1, -0.05) is 35.9 Å². The molecule has 5 rings (SSSR count). The molecule has 1 aliphatic heterocycles. The summed E-state index contributed by atoms with van der Waals surface area (Å²) < 4.78 is 27.8. The molecule has 0 spiro atoms. The highest BCUT2D eigenvalue weighted by Gasteiger charge is 2.33. The number of amides is 1. The minimum atomic E-state index is -3.67. The Morgan fingerprint density at radius 1 is 0.912 bits per heavy atom. The molecule has 0 radical (unpaired) electrons. The van der Waals surface area contributed by atoms with Gasteiger partial charge in [0, 0.05) is 42.1 Å².